The summed E-state index contributed by atoms with van der Waals surface area (Å²) in [5.74, 6) is 0.435. The van der Waals surface area contributed by atoms with Gasteiger partial charge in [-0.1, -0.05) is 26.2 Å². The molecule has 0 saturated heterocycles. The Labute approximate surface area is 108 Å². The van der Waals surface area contributed by atoms with Crippen LogP contribution < -0.4 is 10.5 Å². The van der Waals surface area contributed by atoms with E-state index < -0.39 is 0 Å². The van der Waals surface area contributed by atoms with Crippen molar-refractivity contribution in [1.29, 1.82) is 0 Å². The van der Waals surface area contributed by atoms with Gasteiger partial charge in [-0.15, -0.1) is 0 Å². The van der Waals surface area contributed by atoms with Gasteiger partial charge in [-0.2, -0.15) is 0 Å². The van der Waals surface area contributed by atoms with Crippen molar-refractivity contribution in [3.05, 3.63) is 29.1 Å². The van der Waals surface area contributed by atoms with Crippen molar-refractivity contribution < 1.29 is 9.13 Å². The molecule has 0 bridgehead atoms. The third-order valence-electron chi connectivity index (χ3n) is 4.05. The van der Waals surface area contributed by atoms with E-state index in [-0.39, 0.29) is 11.4 Å². The van der Waals surface area contributed by atoms with E-state index in [0.717, 1.165) is 31.2 Å². The van der Waals surface area contributed by atoms with E-state index in [1.807, 2.05) is 13.0 Å². The molecule has 18 heavy (non-hydrogen) atoms. The minimum absolute atomic E-state index is 0.192. The van der Waals surface area contributed by atoms with Gasteiger partial charge in [0.15, 0.2) is 0 Å². The lowest BCUT2D eigenvalue weighted by atomic mass is 9.77. The second kappa shape index (κ2) is 5.27. The van der Waals surface area contributed by atoms with Gasteiger partial charge in [0.25, 0.3) is 0 Å². The van der Waals surface area contributed by atoms with E-state index in [1.165, 1.54) is 6.42 Å². The van der Waals surface area contributed by atoms with Crippen molar-refractivity contribution in [2.75, 3.05) is 7.11 Å². The molecule has 1 aliphatic rings. The molecular formula is C15H22FNO. The van der Waals surface area contributed by atoms with Crippen LogP contribution in [-0.2, 0) is 12.0 Å². The van der Waals surface area contributed by atoms with Gasteiger partial charge < -0.3 is 10.5 Å². The van der Waals surface area contributed by atoms with Gasteiger partial charge in [0.05, 0.1) is 7.11 Å². The smallest absolute Gasteiger partial charge is 0.130 e. The molecule has 1 aromatic rings. The van der Waals surface area contributed by atoms with Crippen LogP contribution in [0.5, 0.6) is 5.75 Å². The van der Waals surface area contributed by atoms with E-state index >= 15 is 0 Å². The van der Waals surface area contributed by atoms with Gasteiger partial charge >= 0.3 is 0 Å². The second-order valence-electron chi connectivity index (χ2n) is 5.21. The van der Waals surface area contributed by atoms with E-state index in [2.05, 4.69) is 0 Å². The van der Waals surface area contributed by atoms with Crippen LogP contribution in [0.4, 0.5) is 4.39 Å². The fourth-order valence-corrected chi connectivity index (χ4v) is 2.90. The monoisotopic (exact) mass is 251 g/mol. The molecule has 2 rings (SSSR count). The normalized spacial score (nSPS) is 18.7. The molecule has 2 nitrogen and oxygen atoms in total. The van der Waals surface area contributed by atoms with E-state index in [9.17, 15) is 4.39 Å². The Bertz CT molecular complexity index is 425. The quantitative estimate of drug-likeness (QED) is 0.892. The summed E-state index contributed by atoms with van der Waals surface area (Å²) >= 11 is 0. The van der Waals surface area contributed by atoms with Gasteiger partial charge in [0.1, 0.15) is 11.6 Å². The number of halogens is 1. The summed E-state index contributed by atoms with van der Waals surface area (Å²) in [6, 6.07) is 3.53. The molecule has 0 amide bonds. The first-order valence-corrected chi connectivity index (χ1v) is 6.76. The zero-order valence-corrected chi connectivity index (χ0v) is 11.3. The van der Waals surface area contributed by atoms with E-state index in [4.69, 9.17) is 10.5 Å². The minimum atomic E-state index is -0.376. The summed E-state index contributed by atoms with van der Waals surface area (Å²) in [4.78, 5) is 0. The number of nitrogens with two attached hydrogens (primary N) is 1. The van der Waals surface area contributed by atoms with Gasteiger partial charge in [0, 0.05) is 11.1 Å². The third-order valence-corrected chi connectivity index (χ3v) is 4.05. The number of benzene rings is 1. The van der Waals surface area contributed by atoms with Crippen molar-refractivity contribution in [2.24, 2.45) is 5.73 Å². The second-order valence-corrected chi connectivity index (χ2v) is 5.21. The standard InChI is InChI=1S/C15H22FNO/c1-3-12-13(16)9-11(10-14(12)18-2)15(17)7-5-4-6-8-15/h9-10H,3-8,17H2,1-2H3. The predicted octanol–water partition coefficient (Wildman–Crippen LogP) is 3.51. The number of hydrogen-bond donors (Lipinski definition) is 1. The number of ether oxygens (including phenoxy) is 1. The molecule has 100 valence electrons. The summed E-state index contributed by atoms with van der Waals surface area (Å²) in [7, 11) is 1.59. The first kappa shape index (κ1) is 13.3. The van der Waals surface area contributed by atoms with Crippen LogP contribution in [0, 0.1) is 5.82 Å². The van der Waals surface area contributed by atoms with Crippen molar-refractivity contribution >= 4 is 0 Å². The zero-order valence-electron chi connectivity index (χ0n) is 11.3. The molecule has 1 saturated carbocycles. The molecule has 0 spiro atoms. The highest BCUT2D eigenvalue weighted by molar-refractivity contribution is 5.41. The van der Waals surface area contributed by atoms with Crippen molar-refractivity contribution in [3.8, 4) is 5.75 Å². The SMILES string of the molecule is CCc1c(F)cc(C2(N)CCCCC2)cc1OC. The molecule has 0 aliphatic heterocycles. The predicted molar refractivity (Wildman–Crippen MR) is 71.3 cm³/mol. The molecule has 1 aromatic carbocycles. The molecule has 2 N–H and O–H groups in total. The minimum Gasteiger partial charge on any atom is -0.496 e. The highest BCUT2D eigenvalue weighted by Crippen LogP contribution is 2.37. The molecule has 3 heteroatoms. The topological polar surface area (TPSA) is 35.2 Å². The van der Waals surface area contributed by atoms with Crippen LogP contribution in [0.3, 0.4) is 0 Å². The fraction of sp³-hybridized carbons (Fsp3) is 0.600. The summed E-state index contributed by atoms with van der Waals surface area (Å²) in [5.41, 5.74) is 7.59. The molecule has 0 atom stereocenters. The van der Waals surface area contributed by atoms with Crippen LogP contribution >= 0.6 is 0 Å². The Morgan fingerprint density at radius 3 is 2.50 bits per heavy atom. The molecule has 1 fully saturated rings. The maximum Gasteiger partial charge on any atom is 0.130 e. The Kier molecular flexibility index (Phi) is 3.91. The lowest BCUT2D eigenvalue weighted by Gasteiger charge is -2.34. The molecule has 1 aliphatic carbocycles. The first-order chi connectivity index (χ1) is 8.60. The fourth-order valence-electron chi connectivity index (χ4n) is 2.90. The average Bonchev–Trinajstić information content (AvgIpc) is 2.38. The van der Waals surface area contributed by atoms with Gasteiger partial charge in [-0.3, -0.25) is 0 Å². The van der Waals surface area contributed by atoms with E-state index in [1.54, 1.807) is 13.2 Å². The van der Waals surface area contributed by atoms with Crippen LogP contribution in [-0.4, -0.2) is 7.11 Å². The summed E-state index contributed by atoms with van der Waals surface area (Å²) in [6.07, 6.45) is 5.96. The Morgan fingerprint density at radius 1 is 1.28 bits per heavy atom. The summed E-state index contributed by atoms with van der Waals surface area (Å²) < 4.78 is 19.4. The Morgan fingerprint density at radius 2 is 1.94 bits per heavy atom. The molecule has 0 unspecified atom stereocenters. The lowest BCUT2D eigenvalue weighted by Crippen LogP contribution is -2.38. The molecule has 0 radical (unpaired) electrons. The van der Waals surface area contributed by atoms with Gasteiger partial charge in [-0.05, 0) is 37.0 Å². The maximum absolute atomic E-state index is 14.1. The number of methoxy groups -OCH3 is 1. The first-order valence-electron chi connectivity index (χ1n) is 6.76. The van der Waals surface area contributed by atoms with Gasteiger partial charge in [0.2, 0.25) is 0 Å². The van der Waals surface area contributed by atoms with Crippen LogP contribution in [0.15, 0.2) is 12.1 Å². The summed E-state index contributed by atoms with van der Waals surface area (Å²) in [5, 5.41) is 0. The van der Waals surface area contributed by atoms with Crippen molar-refractivity contribution in [2.45, 2.75) is 51.0 Å². The molecule has 0 aromatic heterocycles. The zero-order chi connectivity index (χ0) is 13.2. The van der Waals surface area contributed by atoms with Crippen molar-refractivity contribution in [3.63, 3.8) is 0 Å². The van der Waals surface area contributed by atoms with Gasteiger partial charge in [-0.25, -0.2) is 4.39 Å². The van der Waals surface area contributed by atoms with Crippen LogP contribution in [0.1, 0.15) is 50.2 Å². The lowest BCUT2D eigenvalue weighted by molar-refractivity contribution is 0.299. The Hall–Kier alpha value is -1.09. The average molecular weight is 251 g/mol. The summed E-state index contributed by atoms with van der Waals surface area (Å²) in [6.45, 7) is 1.93. The number of hydrogen-bond acceptors (Lipinski definition) is 2. The number of rotatable bonds is 3. The highest BCUT2D eigenvalue weighted by atomic mass is 19.1. The van der Waals surface area contributed by atoms with Crippen molar-refractivity contribution in [1.82, 2.24) is 0 Å². The van der Waals surface area contributed by atoms with E-state index in [0.29, 0.717) is 17.7 Å². The highest BCUT2D eigenvalue weighted by Gasteiger charge is 2.30. The third kappa shape index (κ3) is 2.37. The largest absolute Gasteiger partial charge is 0.496 e. The van der Waals surface area contributed by atoms with Crippen LogP contribution in [0.2, 0.25) is 0 Å². The Balaban J connectivity index is 2.42. The van der Waals surface area contributed by atoms with Crippen LogP contribution in [0.25, 0.3) is 0 Å². The molecule has 0 heterocycles. The molecular weight excluding hydrogens is 229 g/mol. The maximum atomic E-state index is 14.1.